The van der Waals surface area contributed by atoms with Gasteiger partial charge in [0.25, 0.3) is 0 Å². The predicted molar refractivity (Wildman–Crippen MR) is 31.8 cm³/mol. The van der Waals surface area contributed by atoms with Gasteiger partial charge in [0.05, 0.1) is 0 Å². The van der Waals surface area contributed by atoms with E-state index in [4.69, 9.17) is 0 Å². The summed E-state index contributed by atoms with van der Waals surface area (Å²) in [5, 5.41) is -0.130. The maximum atomic E-state index is 10.1. The summed E-state index contributed by atoms with van der Waals surface area (Å²) >= 11 is 4.32. The van der Waals surface area contributed by atoms with Gasteiger partial charge in [-0.25, -0.2) is 0 Å². The minimum Gasteiger partial charge on any atom is -0.742 e. The summed E-state index contributed by atoms with van der Waals surface area (Å²) in [6.07, 6.45) is 0.537. The molecule has 0 bridgehead atoms. The van der Waals surface area contributed by atoms with Crippen LogP contribution < -0.4 is 0 Å². The van der Waals surface area contributed by atoms with Crippen LogP contribution in [0.25, 0.3) is 0 Å². The van der Waals surface area contributed by atoms with Gasteiger partial charge in [0, 0.05) is 5.12 Å². The quantitative estimate of drug-likeness (QED) is 0.504. The zero-order chi connectivity index (χ0) is 5.86. The van der Waals surface area contributed by atoms with E-state index in [0.717, 1.165) is 0 Å². The third-order valence-electron chi connectivity index (χ3n) is 0.575. The molecule has 0 unspecified atom stereocenters. The van der Waals surface area contributed by atoms with Crippen LogP contribution in [0.2, 0.25) is 0 Å². The Balaban J connectivity index is 3.13. The van der Waals surface area contributed by atoms with Gasteiger partial charge in [-0.15, -0.1) is 0 Å². The van der Waals surface area contributed by atoms with Crippen LogP contribution in [-0.4, -0.2) is 5.12 Å². The lowest BCUT2D eigenvalue weighted by Crippen LogP contribution is -1.96. The fourth-order valence-corrected chi connectivity index (χ4v) is 0.667. The summed E-state index contributed by atoms with van der Waals surface area (Å²) in [5.41, 5.74) is 0. The van der Waals surface area contributed by atoms with Crippen LogP contribution in [0.4, 0.5) is 0 Å². The van der Waals surface area contributed by atoms with E-state index in [-0.39, 0.29) is 5.12 Å². The average Bonchev–Trinajstić information content (AvgIpc) is 1.27. The van der Waals surface area contributed by atoms with Crippen molar-refractivity contribution in [3.05, 3.63) is 0 Å². The van der Waals surface area contributed by atoms with E-state index in [1.165, 1.54) is 0 Å². The van der Waals surface area contributed by atoms with Crippen LogP contribution >= 0.6 is 0 Å². The first-order chi connectivity index (χ1) is 3.13. The Labute approximate surface area is 49.5 Å². The van der Waals surface area contributed by atoms with Crippen molar-refractivity contribution in [3.63, 3.8) is 0 Å². The number of carbonyl (C=O) groups is 1. The molecule has 7 heavy (non-hydrogen) atoms. The molecule has 2 heteroatoms. The van der Waals surface area contributed by atoms with E-state index in [2.05, 4.69) is 12.6 Å². The largest absolute Gasteiger partial charge is 0.742 e. The number of hydrogen-bond donors (Lipinski definition) is 0. The Hall–Kier alpha value is -0.110. The monoisotopic (exact) mass is 117 g/mol. The molecule has 0 aromatic rings. The van der Waals surface area contributed by atoms with Crippen LogP contribution in [-0.2, 0) is 17.4 Å². The smallest absolute Gasteiger partial charge is 0.0122 e. The summed E-state index contributed by atoms with van der Waals surface area (Å²) in [7, 11) is 0. The van der Waals surface area contributed by atoms with Crippen molar-refractivity contribution in [2.75, 3.05) is 0 Å². The molecule has 1 nitrogen and oxygen atoms in total. The molecular weight excluding hydrogens is 108 g/mol. The third kappa shape index (κ3) is 5.89. The molecule has 0 amide bonds. The van der Waals surface area contributed by atoms with E-state index >= 15 is 0 Å². The number of carbonyl (C=O) groups excluding carboxylic acids is 1. The van der Waals surface area contributed by atoms with Crippen LogP contribution in [0.15, 0.2) is 0 Å². The van der Waals surface area contributed by atoms with Crippen molar-refractivity contribution in [2.24, 2.45) is 5.92 Å². The van der Waals surface area contributed by atoms with Crippen molar-refractivity contribution in [3.8, 4) is 0 Å². The molecule has 0 aliphatic heterocycles. The zero-order valence-electron chi connectivity index (χ0n) is 4.60. The zero-order valence-corrected chi connectivity index (χ0v) is 5.42. The summed E-state index contributed by atoms with van der Waals surface area (Å²) in [6.45, 7) is 3.95. The minimum atomic E-state index is -0.130. The SMILES string of the molecule is CC(C)CC(=O)[S-]. The predicted octanol–water partition coefficient (Wildman–Crippen LogP) is 1.11. The van der Waals surface area contributed by atoms with E-state index in [9.17, 15) is 4.79 Å². The summed E-state index contributed by atoms with van der Waals surface area (Å²) < 4.78 is 0. The first-order valence-electron chi connectivity index (χ1n) is 2.32. The van der Waals surface area contributed by atoms with E-state index in [0.29, 0.717) is 12.3 Å². The molecule has 0 saturated carbocycles. The second-order valence-corrected chi connectivity index (χ2v) is 2.43. The number of rotatable bonds is 2. The summed E-state index contributed by atoms with van der Waals surface area (Å²) in [6, 6.07) is 0. The second-order valence-electron chi connectivity index (χ2n) is 1.97. The standard InChI is InChI=1S/C5H10OS/c1-4(2)3-5(6)7/h4H,3H2,1-2H3,(H,6,7)/p-1. The Morgan fingerprint density at radius 3 is 2.14 bits per heavy atom. The van der Waals surface area contributed by atoms with E-state index in [1.54, 1.807) is 0 Å². The molecular formula is C5H9OS-. The molecule has 0 aliphatic carbocycles. The Morgan fingerprint density at radius 2 is 2.14 bits per heavy atom. The van der Waals surface area contributed by atoms with Gasteiger partial charge in [0.2, 0.25) is 0 Å². The third-order valence-corrected chi connectivity index (χ3v) is 0.742. The maximum Gasteiger partial charge on any atom is 0.0122 e. The normalized spacial score (nSPS) is 9.57. The second kappa shape index (κ2) is 2.97. The molecule has 0 saturated heterocycles. The first-order valence-corrected chi connectivity index (χ1v) is 2.73. The van der Waals surface area contributed by atoms with Gasteiger partial charge in [0.15, 0.2) is 0 Å². The van der Waals surface area contributed by atoms with Gasteiger partial charge in [0.1, 0.15) is 0 Å². The van der Waals surface area contributed by atoms with Crippen molar-refractivity contribution in [2.45, 2.75) is 20.3 Å². The van der Waals surface area contributed by atoms with Crippen LogP contribution in [0, 0.1) is 5.92 Å². The van der Waals surface area contributed by atoms with Crippen LogP contribution in [0.3, 0.4) is 0 Å². The lowest BCUT2D eigenvalue weighted by molar-refractivity contribution is -0.111. The van der Waals surface area contributed by atoms with Crippen molar-refractivity contribution < 1.29 is 4.79 Å². The topological polar surface area (TPSA) is 17.1 Å². The van der Waals surface area contributed by atoms with Gasteiger partial charge < -0.3 is 17.4 Å². The fourth-order valence-electron chi connectivity index (χ4n) is 0.333. The maximum absolute atomic E-state index is 10.1. The number of hydrogen-bond acceptors (Lipinski definition) is 2. The van der Waals surface area contributed by atoms with Crippen LogP contribution in [0.1, 0.15) is 20.3 Å². The Morgan fingerprint density at radius 1 is 1.71 bits per heavy atom. The molecule has 0 aromatic carbocycles. The lowest BCUT2D eigenvalue weighted by Gasteiger charge is -2.04. The Bertz CT molecular complexity index is 68.5. The summed E-state index contributed by atoms with van der Waals surface area (Å²) in [5.74, 6) is 0.421. The van der Waals surface area contributed by atoms with Gasteiger partial charge in [-0.2, -0.15) is 0 Å². The highest BCUT2D eigenvalue weighted by Crippen LogP contribution is 1.97. The van der Waals surface area contributed by atoms with Crippen molar-refractivity contribution in [1.29, 1.82) is 0 Å². The first kappa shape index (κ1) is 6.89. The molecule has 0 N–H and O–H groups in total. The molecule has 42 valence electrons. The highest BCUT2D eigenvalue weighted by molar-refractivity contribution is 7.77. The van der Waals surface area contributed by atoms with Crippen molar-refractivity contribution >= 4 is 17.7 Å². The van der Waals surface area contributed by atoms with Gasteiger partial charge in [-0.05, 0) is 12.3 Å². The molecule has 0 heterocycles. The average molecular weight is 117 g/mol. The molecule has 0 fully saturated rings. The molecule has 0 rings (SSSR count). The highest BCUT2D eigenvalue weighted by Gasteiger charge is 1.89. The van der Waals surface area contributed by atoms with Gasteiger partial charge in [-0.1, -0.05) is 13.8 Å². The Kier molecular flexibility index (Phi) is 2.92. The van der Waals surface area contributed by atoms with Crippen molar-refractivity contribution in [1.82, 2.24) is 0 Å². The fraction of sp³-hybridized carbons (Fsp3) is 0.800. The summed E-state index contributed by atoms with van der Waals surface area (Å²) in [4.78, 5) is 10.1. The lowest BCUT2D eigenvalue weighted by atomic mass is 10.2. The van der Waals surface area contributed by atoms with E-state index < -0.39 is 0 Å². The molecule has 0 spiro atoms. The molecule has 0 aliphatic rings. The minimum absolute atomic E-state index is 0.130. The molecule has 0 radical (unpaired) electrons. The molecule has 0 aromatic heterocycles. The molecule has 0 atom stereocenters. The van der Waals surface area contributed by atoms with E-state index in [1.807, 2.05) is 13.8 Å². The van der Waals surface area contributed by atoms with Crippen LogP contribution in [0.5, 0.6) is 0 Å². The highest BCUT2D eigenvalue weighted by atomic mass is 32.1. The van der Waals surface area contributed by atoms with Gasteiger partial charge in [-0.3, -0.25) is 0 Å². The van der Waals surface area contributed by atoms with Gasteiger partial charge >= 0.3 is 0 Å².